The van der Waals surface area contributed by atoms with Crippen molar-refractivity contribution in [2.24, 2.45) is 5.73 Å². The monoisotopic (exact) mass is 256 g/mol. The molecule has 0 bridgehead atoms. The Hall–Kier alpha value is -0.450. The number of rotatable bonds is 6. The second-order valence-corrected chi connectivity index (χ2v) is 6.00. The summed E-state index contributed by atoms with van der Waals surface area (Å²) in [5.74, 6) is 0. The lowest BCUT2D eigenvalue weighted by atomic mass is 9.90. The molecule has 0 aliphatic carbocycles. The van der Waals surface area contributed by atoms with E-state index in [1.165, 1.54) is 0 Å². The van der Waals surface area contributed by atoms with Crippen molar-refractivity contribution in [2.75, 3.05) is 13.2 Å². The first-order valence-corrected chi connectivity index (χ1v) is 7.08. The lowest BCUT2D eigenvalue weighted by Gasteiger charge is -2.26. The van der Waals surface area contributed by atoms with Crippen LogP contribution in [-0.2, 0) is 15.8 Å². The van der Waals surface area contributed by atoms with Gasteiger partial charge in [-0.15, -0.1) is 11.3 Å². The van der Waals surface area contributed by atoms with E-state index in [0.717, 1.165) is 17.1 Å². The first-order chi connectivity index (χ1) is 7.89. The molecule has 1 aromatic heterocycles. The van der Waals surface area contributed by atoms with E-state index < -0.39 is 0 Å². The van der Waals surface area contributed by atoms with Gasteiger partial charge in [-0.05, 0) is 20.3 Å². The molecule has 3 nitrogen and oxygen atoms in total. The van der Waals surface area contributed by atoms with Gasteiger partial charge in [-0.25, -0.2) is 4.98 Å². The van der Waals surface area contributed by atoms with E-state index in [1.807, 2.05) is 6.92 Å². The molecule has 1 heterocycles. The summed E-state index contributed by atoms with van der Waals surface area (Å²) in [5.41, 5.74) is 6.53. The van der Waals surface area contributed by atoms with Crippen LogP contribution >= 0.6 is 11.3 Å². The molecule has 0 radical (unpaired) electrons. The number of ether oxygens (including phenoxy) is 1. The van der Waals surface area contributed by atoms with Gasteiger partial charge in [-0.2, -0.15) is 0 Å². The molecule has 4 heteroatoms. The minimum Gasteiger partial charge on any atom is -0.368 e. The number of nitrogens with two attached hydrogens (primary N) is 1. The van der Waals surface area contributed by atoms with Crippen molar-refractivity contribution in [3.8, 4) is 0 Å². The van der Waals surface area contributed by atoms with Crippen LogP contribution in [0.4, 0.5) is 0 Å². The standard InChI is InChI=1S/C13H24N2OS/c1-6-13(5,16-7-2)11-15-10(8-17-11)12(3,4)9-14/h8H,6-7,9,14H2,1-5H3. The molecule has 0 spiro atoms. The van der Waals surface area contributed by atoms with Crippen LogP contribution in [0.5, 0.6) is 0 Å². The molecule has 0 saturated heterocycles. The minimum atomic E-state index is -0.262. The Labute approximate surface area is 108 Å². The lowest BCUT2D eigenvalue weighted by molar-refractivity contribution is -0.0326. The first-order valence-electron chi connectivity index (χ1n) is 6.20. The Morgan fingerprint density at radius 2 is 2.00 bits per heavy atom. The molecular weight excluding hydrogens is 232 g/mol. The quantitative estimate of drug-likeness (QED) is 0.851. The van der Waals surface area contributed by atoms with Crippen LogP contribution in [0, 0.1) is 0 Å². The first kappa shape index (κ1) is 14.6. The maximum atomic E-state index is 5.84. The van der Waals surface area contributed by atoms with E-state index in [9.17, 15) is 0 Å². The molecule has 17 heavy (non-hydrogen) atoms. The van der Waals surface area contributed by atoms with Crippen molar-refractivity contribution >= 4 is 11.3 Å². The minimum absolute atomic E-state index is 0.0599. The lowest BCUT2D eigenvalue weighted by Crippen LogP contribution is -2.29. The second kappa shape index (κ2) is 5.46. The van der Waals surface area contributed by atoms with Gasteiger partial charge >= 0.3 is 0 Å². The number of nitrogens with zero attached hydrogens (tertiary/aromatic N) is 1. The molecular formula is C13H24N2OS. The Morgan fingerprint density at radius 1 is 1.35 bits per heavy atom. The summed E-state index contributed by atoms with van der Waals surface area (Å²) in [6, 6.07) is 0. The SMILES string of the molecule is CCOC(C)(CC)c1nc(C(C)(C)CN)cs1. The van der Waals surface area contributed by atoms with E-state index in [-0.39, 0.29) is 11.0 Å². The molecule has 0 aliphatic rings. The van der Waals surface area contributed by atoms with Crippen LogP contribution in [0.3, 0.4) is 0 Å². The van der Waals surface area contributed by atoms with Crippen molar-refractivity contribution in [1.82, 2.24) is 4.98 Å². The molecule has 0 amide bonds. The Kier molecular flexibility index (Phi) is 4.69. The maximum Gasteiger partial charge on any atom is 0.125 e. The van der Waals surface area contributed by atoms with Crippen molar-refractivity contribution < 1.29 is 4.74 Å². The molecule has 0 aromatic carbocycles. The number of hydrogen-bond acceptors (Lipinski definition) is 4. The average molecular weight is 256 g/mol. The maximum absolute atomic E-state index is 5.84. The molecule has 0 saturated carbocycles. The van der Waals surface area contributed by atoms with Crippen LogP contribution in [-0.4, -0.2) is 18.1 Å². The summed E-state index contributed by atoms with van der Waals surface area (Å²) in [6.45, 7) is 11.8. The van der Waals surface area contributed by atoms with E-state index in [1.54, 1.807) is 11.3 Å². The third-order valence-corrected chi connectivity index (χ3v) is 4.39. The molecule has 0 fully saturated rings. The molecule has 1 aromatic rings. The fourth-order valence-electron chi connectivity index (χ4n) is 1.57. The highest BCUT2D eigenvalue weighted by molar-refractivity contribution is 7.09. The highest BCUT2D eigenvalue weighted by Crippen LogP contribution is 2.34. The van der Waals surface area contributed by atoms with Crippen LogP contribution in [0.1, 0.15) is 51.7 Å². The molecule has 1 atom stereocenters. The summed E-state index contributed by atoms with van der Waals surface area (Å²) in [5, 5.41) is 3.16. The third-order valence-electron chi connectivity index (χ3n) is 3.30. The Balaban J connectivity index is 3.01. The topological polar surface area (TPSA) is 48.1 Å². The van der Waals surface area contributed by atoms with E-state index in [4.69, 9.17) is 15.5 Å². The van der Waals surface area contributed by atoms with Crippen LogP contribution in [0.25, 0.3) is 0 Å². The summed E-state index contributed by atoms with van der Waals surface area (Å²) in [7, 11) is 0. The average Bonchev–Trinajstić information content (AvgIpc) is 2.79. The zero-order valence-electron chi connectivity index (χ0n) is 11.5. The highest BCUT2D eigenvalue weighted by atomic mass is 32.1. The molecule has 1 unspecified atom stereocenters. The van der Waals surface area contributed by atoms with E-state index in [2.05, 4.69) is 33.1 Å². The number of hydrogen-bond donors (Lipinski definition) is 1. The van der Waals surface area contributed by atoms with E-state index in [0.29, 0.717) is 13.2 Å². The van der Waals surface area contributed by atoms with Crippen molar-refractivity contribution in [3.63, 3.8) is 0 Å². The van der Waals surface area contributed by atoms with Crippen molar-refractivity contribution in [3.05, 3.63) is 16.1 Å². The van der Waals surface area contributed by atoms with Gasteiger partial charge in [0.2, 0.25) is 0 Å². The zero-order chi connectivity index (χ0) is 13.1. The fourth-order valence-corrected chi connectivity index (χ4v) is 2.76. The largest absolute Gasteiger partial charge is 0.368 e. The van der Waals surface area contributed by atoms with Gasteiger partial charge in [0.25, 0.3) is 0 Å². The molecule has 2 N–H and O–H groups in total. The summed E-state index contributed by atoms with van der Waals surface area (Å²) >= 11 is 1.67. The second-order valence-electron chi connectivity index (χ2n) is 5.14. The molecule has 1 rings (SSSR count). The van der Waals surface area contributed by atoms with Crippen molar-refractivity contribution in [1.29, 1.82) is 0 Å². The summed E-state index contributed by atoms with van der Waals surface area (Å²) in [6.07, 6.45) is 0.927. The van der Waals surface area contributed by atoms with Crippen LogP contribution in [0.2, 0.25) is 0 Å². The Bertz CT molecular complexity index is 362. The van der Waals surface area contributed by atoms with Gasteiger partial charge in [-0.3, -0.25) is 0 Å². The van der Waals surface area contributed by atoms with Gasteiger partial charge < -0.3 is 10.5 Å². The molecule has 98 valence electrons. The van der Waals surface area contributed by atoms with Gasteiger partial charge in [0.15, 0.2) is 0 Å². The van der Waals surface area contributed by atoms with Gasteiger partial charge in [-0.1, -0.05) is 20.8 Å². The Morgan fingerprint density at radius 3 is 2.47 bits per heavy atom. The molecule has 0 aliphatic heterocycles. The third kappa shape index (κ3) is 3.06. The van der Waals surface area contributed by atoms with Gasteiger partial charge in [0.05, 0.1) is 5.69 Å². The zero-order valence-corrected chi connectivity index (χ0v) is 12.4. The van der Waals surface area contributed by atoms with Gasteiger partial charge in [0, 0.05) is 23.9 Å². The van der Waals surface area contributed by atoms with E-state index >= 15 is 0 Å². The predicted molar refractivity (Wildman–Crippen MR) is 73.5 cm³/mol. The van der Waals surface area contributed by atoms with Gasteiger partial charge in [0.1, 0.15) is 10.6 Å². The summed E-state index contributed by atoms with van der Waals surface area (Å²) in [4.78, 5) is 4.73. The highest BCUT2D eigenvalue weighted by Gasteiger charge is 2.31. The predicted octanol–water partition coefficient (Wildman–Crippen LogP) is 3.04. The normalized spacial score (nSPS) is 15.9. The fraction of sp³-hybridized carbons (Fsp3) is 0.769. The van der Waals surface area contributed by atoms with Crippen molar-refractivity contribution in [2.45, 2.75) is 52.1 Å². The number of thiazole rings is 1. The van der Waals surface area contributed by atoms with Crippen LogP contribution in [0.15, 0.2) is 5.38 Å². The van der Waals surface area contributed by atoms with Crippen LogP contribution < -0.4 is 5.73 Å². The summed E-state index contributed by atoms with van der Waals surface area (Å²) < 4.78 is 5.84. The smallest absolute Gasteiger partial charge is 0.125 e. The number of aromatic nitrogens is 1.